The molecule has 2 aromatic heterocycles. The molecule has 1 saturated heterocycles. The molecule has 204 valence electrons. The standard InChI is InChI=1S/C26H20F2NO5PS2.C2H6/c27-26(28,35)37(31)34-15-7-8-22-20(13-15)18-5-2-4-17(25(18)36-22)16-3-1-6-19-21(30)14-23(33-24(16)19)29-9-11-32-12-10-29;1-2/h1-8,13-14H,9-12,35H2;1-2H3. The summed E-state index contributed by atoms with van der Waals surface area (Å²) < 4.78 is 57.1. The van der Waals surface area contributed by atoms with E-state index in [0.717, 1.165) is 31.3 Å². The Kier molecular flexibility index (Phi) is 8.01. The number of anilines is 1. The van der Waals surface area contributed by atoms with Gasteiger partial charge in [0.1, 0.15) is 11.3 Å². The highest BCUT2D eigenvalue weighted by Crippen LogP contribution is 2.43. The van der Waals surface area contributed by atoms with Gasteiger partial charge in [-0.1, -0.05) is 44.2 Å². The first-order valence-corrected chi connectivity index (χ1v) is 14.9. The maximum Gasteiger partial charge on any atom is 0.366 e. The Labute approximate surface area is 232 Å². The highest BCUT2D eigenvalue weighted by atomic mass is 32.2. The van der Waals surface area contributed by atoms with Crippen LogP contribution in [-0.2, 0) is 15.8 Å². The molecule has 0 amide bonds. The van der Waals surface area contributed by atoms with Crippen molar-refractivity contribution in [3.63, 3.8) is 0 Å². The Morgan fingerprint density at radius 1 is 0.974 bits per heavy atom. The summed E-state index contributed by atoms with van der Waals surface area (Å²) in [6.45, 7) is 6.41. The highest BCUT2D eigenvalue weighted by Gasteiger charge is 2.33. The number of alkyl halides is 2. The van der Waals surface area contributed by atoms with E-state index in [1.165, 1.54) is 32.7 Å². The van der Waals surface area contributed by atoms with Gasteiger partial charge in [-0.2, -0.15) is 8.78 Å². The lowest BCUT2D eigenvalue weighted by atomic mass is 10.0. The Morgan fingerprint density at radius 3 is 2.38 bits per heavy atom. The third kappa shape index (κ3) is 5.43. The first-order chi connectivity index (χ1) is 18.8. The number of fused-ring (bicyclic) bond motifs is 4. The minimum absolute atomic E-state index is 0.0874. The molecule has 3 heterocycles. The molecule has 0 radical (unpaired) electrons. The van der Waals surface area contributed by atoms with Crippen molar-refractivity contribution in [2.45, 2.75) is 18.8 Å². The van der Waals surface area contributed by atoms with Gasteiger partial charge in [0.2, 0.25) is 0 Å². The molecule has 1 aliphatic heterocycles. The zero-order valence-corrected chi connectivity index (χ0v) is 24.0. The van der Waals surface area contributed by atoms with E-state index in [0.29, 0.717) is 43.2 Å². The smallest absolute Gasteiger partial charge is 0.366 e. The van der Waals surface area contributed by atoms with Gasteiger partial charge in [0.05, 0.1) is 18.6 Å². The van der Waals surface area contributed by atoms with Gasteiger partial charge >= 0.3 is 5.00 Å². The van der Waals surface area contributed by atoms with Crippen LogP contribution in [0.25, 0.3) is 42.3 Å². The molecule has 0 bridgehead atoms. The summed E-state index contributed by atoms with van der Waals surface area (Å²) in [6, 6.07) is 17.7. The predicted octanol–water partition coefficient (Wildman–Crippen LogP) is 7.16. The van der Waals surface area contributed by atoms with Crippen molar-refractivity contribution < 1.29 is 26.3 Å². The van der Waals surface area contributed by atoms with Crippen LogP contribution >= 0.6 is 20.6 Å². The molecule has 0 spiro atoms. The molecule has 0 aliphatic carbocycles. The maximum atomic E-state index is 13.4. The normalized spacial score (nSPS) is 14.8. The molecule has 3 aromatic carbocycles. The fourth-order valence-corrected chi connectivity index (χ4v) is 6.25. The number of benzene rings is 3. The number of halogens is 2. The third-order valence-electron chi connectivity index (χ3n) is 6.22. The highest BCUT2D eigenvalue weighted by molar-refractivity contribution is 7.86. The first kappa shape index (κ1) is 27.6. The Hall–Kier alpha value is -2.91. The van der Waals surface area contributed by atoms with Gasteiger partial charge in [0.25, 0.3) is 11.1 Å². The molecule has 2 atom stereocenters. The van der Waals surface area contributed by atoms with E-state index in [9.17, 15) is 17.8 Å². The Morgan fingerprint density at radius 2 is 1.67 bits per heavy atom. The van der Waals surface area contributed by atoms with E-state index >= 15 is 0 Å². The van der Waals surface area contributed by atoms with E-state index in [1.54, 1.807) is 18.2 Å². The van der Waals surface area contributed by atoms with Crippen LogP contribution in [-0.4, -0.2) is 35.5 Å². The molecular weight excluding hydrogens is 563 g/mol. The summed E-state index contributed by atoms with van der Waals surface area (Å²) in [5.41, 5.74) is 2.05. The maximum absolute atomic E-state index is 13.4. The molecule has 2 unspecified atom stereocenters. The van der Waals surface area contributed by atoms with Crippen LogP contribution in [0.15, 0.2) is 69.9 Å². The second-order valence-corrected chi connectivity index (χ2v) is 11.9. The quantitative estimate of drug-likeness (QED) is 0.203. The summed E-state index contributed by atoms with van der Waals surface area (Å²) >= 11 is -1.30. The fraction of sp³-hybridized carbons (Fsp3) is 0.250. The Bertz CT molecular complexity index is 1740. The zero-order valence-electron chi connectivity index (χ0n) is 21.2. The second-order valence-electron chi connectivity index (χ2n) is 8.55. The van der Waals surface area contributed by atoms with Crippen molar-refractivity contribution in [2.75, 3.05) is 31.2 Å². The number of hydrogen-bond donors (Lipinski definition) is 0. The summed E-state index contributed by atoms with van der Waals surface area (Å²) in [7, 11) is 1.23. The summed E-state index contributed by atoms with van der Waals surface area (Å²) in [6.07, 6.45) is 0. The molecule has 0 saturated carbocycles. The van der Waals surface area contributed by atoms with Crippen LogP contribution in [0.4, 0.5) is 14.7 Å². The van der Waals surface area contributed by atoms with E-state index in [1.807, 2.05) is 49.1 Å². The molecule has 6 nitrogen and oxygen atoms in total. The second kappa shape index (κ2) is 11.3. The van der Waals surface area contributed by atoms with Crippen molar-refractivity contribution in [3.05, 3.63) is 70.9 Å². The number of ether oxygens (including phenoxy) is 1. The van der Waals surface area contributed by atoms with E-state index in [4.69, 9.17) is 13.3 Å². The topological polar surface area (TPSA) is 69.0 Å². The molecule has 1 aliphatic rings. The van der Waals surface area contributed by atoms with Crippen molar-refractivity contribution in [3.8, 4) is 16.9 Å². The lowest BCUT2D eigenvalue weighted by molar-refractivity contribution is 0.121. The van der Waals surface area contributed by atoms with E-state index in [2.05, 4.69) is 0 Å². The average molecular weight is 590 g/mol. The van der Waals surface area contributed by atoms with Gasteiger partial charge < -0.3 is 18.2 Å². The van der Waals surface area contributed by atoms with Gasteiger partial charge in [-0.15, -0.1) is 11.3 Å². The number of hydrogen-bond acceptors (Lipinski definition) is 7. The molecular formula is C28H26F2NO5PS2. The van der Waals surface area contributed by atoms with E-state index in [-0.39, 0.29) is 11.2 Å². The van der Waals surface area contributed by atoms with Crippen LogP contribution in [0.2, 0.25) is 0 Å². The minimum atomic E-state index is -3.56. The van der Waals surface area contributed by atoms with E-state index < -0.39 is 16.1 Å². The SMILES string of the molecule is CC.O=c1cc(N2CCOCC2)oc2c(-c3cccc4c3sc3ccc(OS(=O)C(F)(F)P)cc34)cccc12. The number of rotatable bonds is 5. The number of morpholine rings is 1. The van der Waals surface area contributed by atoms with Gasteiger partial charge in [-0.05, 0) is 33.5 Å². The molecule has 5 aromatic rings. The summed E-state index contributed by atoms with van der Waals surface area (Å²) in [4.78, 5) is 11.5. The molecule has 6 rings (SSSR count). The molecule has 1 fully saturated rings. The number of nitrogens with zero attached hydrogens (tertiary/aromatic N) is 1. The van der Waals surface area contributed by atoms with Crippen molar-refractivity contribution in [1.29, 1.82) is 0 Å². The van der Waals surface area contributed by atoms with Crippen LogP contribution in [0.5, 0.6) is 5.75 Å². The van der Waals surface area contributed by atoms with Gasteiger partial charge in [0, 0.05) is 50.5 Å². The van der Waals surface area contributed by atoms with Crippen LogP contribution < -0.4 is 14.5 Å². The molecule has 39 heavy (non-hydrogen) atoms. The molecule has 11 heteroatoms. The van der Waals surface area contributed by atoms with Crippen molar-refractivity contribution in [1.82, 2.24) is 0 Å². The average Bonchev–Trinajstić information content (AvgIpc) is 3.32. The van der Waals surface area contributed by atoms with Gasteiger partial charge in [0.15, 0.2) is 11.3 Å². The van der Waals surface area contributed by atoms with Gasteiger partial charge in [-0.3, -0.25) is 4.79 Å². The predicted molar refractivity (Wildman–Crippen MR) is 159 cm³/mol. The van der Waals surface area contributed by atoms with Crippen LogP contribution in [0.1, 0.15) is 13.8 Å². The number of para-hydroxylation sites is 1. The van der Waals surface area contributed by atoms with Crippen molar-refractivity contribution in [2.24, 2.45) is 0 Å². The lowest BCUT2D eigenvalue weighted by Gasteiger charge is -2.27. The summed E-state index contributed by atoms with van der Waals surface area (Å²) in [5.74, 6) is 0.599. The van der Waals surface area contributed by atoms with Crippen LogP contribution in [0, 0.1) is 0 Å². The largest absolute Gasteiger partial charge is 0.440 e. The fourth-order valence-electron chi connectivity index (χ4n) is 4.50. The number of thiophene rings is 1. The zero-order chi connectivity index (χ0) is 27.7. The minimum Gasteiger partial charge on any atom is -0.440 e. The first-order valence-electron chi connectivity index (χ1n) is 12.4. The Balaban J connectivity index is 0.00000151. The van der Waals surface area contributed by atoms with Crippen molar-refractivity contribution >= 4 is 68.7 Å². The third-order valence-corrected chi connectivity index (χ3v) is 8.80. The molecule has 0 N–H and O–H groups in total. The monoisotopic (exact) mass is 589 g/mol. The summed E-state index contributed by atoms with van der Waals surface area (Å²) in [5, 5.41) is 2.17. The lowest BCUT2D eigenvalue weighted by Crippen LogP contribution is -2.36. The van der Waals surface area contributed by atoms with Crippen LogP contribution in [0.3, 0.4) is 0 Å². The van der Waals surface area contributed by atoms with Gasteiger partial charge in [-0.25, -0.2) is 4.21 Å².